The van der Waals surface area contributed by atoms with Crippen molar-refractivity contribution >= 4 is 5.91 Å². The smallest absolute Gasteiger partial charge is 0.234 e. The molecule has 0 aromatic carbocycles. The highest BCUT2D eigenvalue weighted by molar-refractivity contribution is 5.78. The van der Waals surface area contributed by atoms with Gasteiger partial charge in [0, 0.05) is 11.6 Å². The van der Waals surface area contributed by atoms with E-state index in [9.17, 15) is 4.79 Å². The van der Waals surface area contributed by atoms with Crippen molar-refractivity contribution in [1.29, 1.82) is 0 Å². The number of carbonyl (C=O) groups excluding carboxylic acids is 1. The molecule has 0 fully saturated rings. The van der Waals surface area contributed by atoms with Crippen molar-refractivity contribution in [3.8, 4) is 0 Å². The Hall–Kier alpha value is -1.36. The van der Waals surface area contributed by atoms with Crippen LogP contribution >= 0.6 is 0 Å². The Morgan fingerprint density at radius 3 is 2.69 bits per heavy atom. The minimum atomic E-state index is -0.193. The minimum absolute atomic E-state index is 0.0243. The zero-order valence-corrected chi connectivity index (χ0v) is 10.3. The summed E-state index contributed by atoms with van der Waals surface area (Å²) in [4.78, 5) is 11.4. The van der Waals surface area contributed by atoms with Crippen LogP contribution in [0.15, 0.2) is 10.6 Å². The monoisotopic (exact) mass is 225 g/mol. The molecule has 90 valence electrons. The minimum Gasteiger partial charge on any atom is -0.360 e. The second-order valence-electron chi connectivity index (χ2n) is 4.84. The van der Waals surface area contributed by atoms with E-state index in [2.05, 4.69) is 15.8 Å². The van der Waals surface area contributed by atoms with E-state index in [0.717, 1.165) is 11.5 Å². The van der Waals surface area contributed by atoms with Gasteiger partial charge in [-0.3, -0.25) is 4.79 Å². The van der Waals surface area contributed by atoms with Crippen LogP contribution in [0.25, 0.3) is 0 Å². The summed E-state index contributed by atoms with van der Waals surface area (Å²) in [6.07, 6.45) is 0. The SMILES string of the molecule is Cc1cc(CNCC(=O)NC(C)(C)C)on1. The molecule has 5 nitrogen and oxygen atoms in total. The van der Waals surface area contributed by atoms with Crippen molar-refractivity contribution in [3.05, 3.63) is 17.5 Å². The topological polar surface area (TPSA) is 67.2 Å². The maximum atomic E-state index is 11.4. The van der Waals surface area contributed by atoms with E-state index < -0.39 is 0 Å². The Balaban J connectivity index is 2.23. The van der Waals surface area contributed by atoms with Crippen molar-refractivity contribution < 1.29 is 9.32 Å². The fraction of sp³-hybridized carbons (Fsp3) is 0.636. The summed E-state index contributed by atoms with van der Waals surface area (Å²) in [5, 5.41) is 9.61. The van der Waals surface area contributed by atoms with E-state index in [4.69, 9.17) is 4.52 Å². The molecule has 0 unspecified atom stereocenters. The molecule has 0 aliphatic heterocycles. The lowest BCUT2D eigenvalue weighted by Gasteiger charge is -2.20. The second-order valence-corrected chi connectivity index (χ2v) is 4.84. The van der Waals surface area contributed by atoms with E-state index >= 15 is 0 Å². The van der Waals surface area contributed by atoms with Gasteiger partial charge in [-0.2, -0.15) is 0 Å². The molecule has 0 bridgehead atoms. The van der Waals surface area contributed by atoms with Crippen LogP contribution in [-0.4, -0.2) is 23.1 Å². The number of rotatable bonds is 4. The first-order chi connectivity index (χ1) is 7.37. The van der Waals surface area contributed by atoms with Crippen LogP contribution < -0.4 is 10.6 Å². The number of hydrogen-bond donors (Lipinski definition) is 2. The maximum absolute atomic E-state index is 11.4. The molecular formula is C11H19N3O2. The van der Waals surface area contributed by atoms with Crippen LogP contribution in [0.5, 0.6) is 0 Å². The molecule has 1 rings (SSSR count). The molecule has 2 N–H and O–H groups in total. The van der Waals surface area contributed by atoms with E-state index in [-0.39, 0.29) is 18.0 Å². The number of nitrogens with one attached hydrogen (secondary N) is 2. The van der Waals surface area contributed by atoms with Crippen LogP contribution in [0.2, 0.25) is 0 Å². The predicted molar refractivity (Wildman–Crippen MR) is 60.8 cm³/mol. The first-order valence-corrected chi connectivity index (χ1v) is 5.31. The lowest BCUT2D eigenvalue weighted by atomic mass is 10.1. The highest BCUT2D eigenvalue weighted by atomic mass is 16.5. The second kappa shape index (κ2) is 5.12. The fourth-order valence-corrected chi connectivity index (χ4v) is 1.26. The number of aromatic nitrogens is 1. The maximum Gasteiger partial charge on any atom is 0.234 e. The average Bonchev–Trinajstić information content (AvgIpc) is 2.48. The van der Waals surface area contributed by atoms with Gasteiger partial charge in [-0.05, 0) is 27.7 Å². The van der Waals surface area contributed by atoms with Crippen LogP contribution in [-0.2, 0) is 11.3 Å². The van der Waals surface area contributed by atoms with E-state index in [0.29, 0.717) is 6.54 Å². The molecule has 1 amide bonds. The summed E-state index contributed by atoms with van der Waals surface area (Å²) in [5.74, 6) is 0.713. The van der Waals surface area contributed by atoms with Crippen LogP contribution in [0, 0.1) is 6.92 Å². The third-order valence-corrected chi connectivity index (χ3v) is 1.78. The zero-order chi connectivity index (χ0) is 12.2. The summed E-state index contributed by atoms with van der Waals surface area (Å²) in [6.45, 7) is 8.49. The molecule has 0 saturated carbocycles. The first-order valence-electron chi connectivity index (χ1n) is 5.31. The Bertz CT molecular complexity index is 352. The molecule has 0 aliphatic carbocycles. The molecule has 0 atom stereocenters. The van der Waals surface area contributed by atoms with Crippen molar-refractivity contribution in [2.45, 2.75) is 39.8 Å². The quantitative estimate of drug-likeness (QED) is 0.801. The summed E-state index contributed by atoms with van der Waals surface area (Å²) >= 11 is 0. The number of hydrogen-bond acceptors (Lipinski definition) is 4. The summed E-state index contributed by atoms with van der Waals surface area (Å²) in [6, 6.07) is 1.84. The van der Waals surface area contributed by atoms with Gasteiger partial charge in [0.05, 0.1) is 18.8 Å². The number of aryl methyl sites for hydroxylation is 1. The summed E-state index contributed by atoms with van der Waals surface area (Å²) in [5.41, 5.74) is 0.651. The predicted octanol–water partition coefficient (Wildman–Crippen LogP) is 0.987. The number of nitrogens with zero attached hydrogens (tertiary/aromatic N) is 1. The average molecular weight is 225 g/mol. The molecule has 5 heteroatoms. The molecule has 0 spiro atoms. The van der Waals surface area contributed by atoms with Crippen molar-refractivity contribution in [2.75, 3.05) is 6.54 Å². The van der Waals surface area contributed by atoms with E-state index in [1.54, 1.807) is 0 Å². The highest BCUT2D eigenvalue weighted by Gasteiger charge is 2.13. The first kappa shape index (κ1) is 12.7. The van der Waals surface area contributed by atoms with Crippen LogP contribution in [0.4, 0.5) is 0 Å². The van der Waals surface area contributed by atoms with Gasteiger partial charge in [-0.15, -0.1) is 0 Å². The van der Waals surface area contributed by atoms with Crippen molar-refractivity contribution in [1.82, 2.24) is 15.8 Å². The van der Waals surface area contributed by atoms with E-state index in [1.807, 2.05) is 33.8 Å². The third-order valence-electron chi connectivity index (χ3n) is 1.78. The van der Waals surface area contributed by atoms with Gasteiger partial charge in [0.2, 0.25) is 5.91 Å². The zero-order valence-electron chi connectivity index (χ0n) is 10.3. The van der Waals surface area contributed by atoms with Gasteiger partial charge < -0.3 is 15.2 Å². The molecule has 1 heterocycles. The standard InChI is InChI=1S/C11H19N3O2/c1-8-5-9(16-14-8)6-12-7-10(15)13-11(2,3)4/h5,12H,6-7H2,1-4H3,(H,13,15). The Morgan fingerprint density at radius 2 is 2.19 bits per heavy atom. The van der Waals surface area contributed by atoms with Gasteiger partial charge in [-0.25, -0.2) is 0 Å². The van der Waals surface area contributed by atoms with Crippen molar-refractivity contribution in [3.63, 3.8) is 0 Å². The van der Waals surface area contributed by atoms with Crippen LogP contribution in [0.3, 0.4) is 0 Å². The van der Waals surface area contributed by atoms with Gasteiger partial charge in [0.1, 0.15) is 0 Å². The van der Waals surface area contributed by atoms with Crippen molar-refractivity contribution in [2.24, 2.45) is 0 Å². The van der Waals surface area contributed by atoms with Gasteiger partial charge in [0.15, 0.2) is 5.76 Å². The molecule has 1 aromatic rings. The molecule has 0 saturated heterocycles. The van der Waals surface area contributed by atoms with E-state index in [1.165, 1.54) is 0 Å². The number of amides is 1. The highest BCUT2D eigenvalue weighted by Crippen LogP contribution is 2.01. The largest absolute Gasteiger partial charge is 0.360 e. The molecule has 1 aromatic heterocycles. The normalized spacial score (nSPS) is 11.5. The molecular weight excluding hydrogens is 206 g/mol. The summed E-state index contributed by atoms with van der Waals surface area (Å²) in [7, 11) is 0. The molecule has 0 radical (unpaired) electrons. The van der Waals surface area contributed by atoms with Gasteiger partial charge in [-0.1, -0.05) is 5.16 Å². The molecule has 0 aliphatic rings. The third kappa shape index (κ3) is 4.93. The Kier molecular flexibility index (Phi) is 4.06. The van der Waals surface area contributed by atoms with Gasteiger partial charge >= 0.3 is 0 Å². The summed E-state index contributed by atoms with van der Waals surface area (Å²) < 4.78 is 5.00. The number of carbonyl (C=O) groups is 1. The Morgan fingerprint density at radius 1 is 1.50 bits per heavy atom. The lowest BCUT2D eigenvalue weighted by Crippen LogP contribution is -2.44. The van der Waals surface area contributed by atoms with Gasteiger partial charge in [0.25, 0.3) is 0 Å². The molecule has 16 heavy (non-hydrogen) atoms. The van der Waals surface area contributed by atoms with Crippen LogP contribution in [0.1, 0.15) is 32.2 Å². The lowest BCUT2D eigenvalue weighted by molar-refractivity contribution is -0.121. The Labute approximate surface area is 95.6 Å². The fourth-order valence-electron chi connectivity index (χ4n) is 1.26.